The Hall–Kier alpha value is -0.610. The van der Waals surface area contributed by atoms with Crippen molar-refractivity contribution in [3.8, 4) is 0 Å². The van der Waals surface area contributed by atoms with Crippen molar-refractivity contribution in [3.05, 3.63) is 34.9 Å². The first kappa shape index (κ1) is 14.8. The van der Waals surface area contributed by atoms with Gasteiger partial charge in [0.05, 0.1) is 0 Å². The van der Waals surface area contributed by atoms with E-state index in [9.17, 15) is 0 Å². The van der Waals surface area contributed by atoms with Gasteiger partial charge in [-0.1, -0.05) is 23.7 Å². The maximum Gasteiger partial charge on any atom is 0.0471 e. The molecule has 19 heavy (non-hydrogen) atoms. The van der Waals surface area contributed by atoms with Crippen LogP contribution in [0.25, 0.3) is 0 Å². The second kappa shape index (κ2) is 6.71. The second-order valence-electron chi connectivity index (χ2n) is 5.56. The first-order valence-corrected chi connectivity index (χ1v) is 7.35. The molecule has 0 aliphatic carbocycles. The summed E-state index contributed by atoms with van der Waals surface area (Å²) in [6, 6.07) is 9.00. The minimum atomic E-state index is 0.279. The highest BCUT2D eigenvalue weighted by atomic mass is 35.5. The van der Waals surface area contributed by atoms with Crippen LogP contribution in [0.1, 0.15) is 24.4 Å². The molecule has 1 aromatic rings. The van der Waals surface area contributed by atoms with E-state index in [-0.39, 0.29) is 6.04 Å². The fourth-order valence-corrected chi connectivity index (χ4v) is 3.10. The van der Waals surface area contributed by atoms with Crippen molar-refractivity contribution >= 4 is 11.6 Å². The lowest BCUT2D eigenvalue weighted by molar-refractivity contribution is 0.0984. The first-order valence-electron chi connectivity index (χ1n) is 6.98. The number of halogens is 1. The number of benzene rings is 1. The summed E-state index contributed by atoms with van der Waals surface area (Å²) in [6.45, 7) is 2.85. The molecule has 4 heteroatoms. The van der Waals surface area contributed by atoms with Gasteiger partial charge in [0.15, 0.2) is 0 Å². The molecule has 3 nitrogen and oxygen atoms in total. The minimum absolute atomic E-state index is 0.279. The monoisotopic (exact) mass is 281 g/mol. The number of likely N-dealkylation sites (N-methyl/N-ethyl adjacent to an activating group) is 1. The predicted molar refractivity (Wildman–Crippen MR) is 81.5 cm³/mol. The Morgan fingerprint density at radius 1 is 1.47 bits per heavy atom. The van der Waals surface area contributed by atoms with Crippen LogP contribution in [0.15, 0.2) is 24.3 Å². The molecule has 0 bridgehead atoms. The lowest BCUT2D eigenvalue weighted by Gasteiger charge is -2.40. The molecule has 1 saturated heterocycles. The topological polar surface area (TPSA) is 32.5 Å². The van der Waals surface area contributed by atoms with Gasteiger partial charge in [-0.2, -0.15) is 0 Å². The normalized spacial score (nSPS) is 22.7. The molecule has 1 aromatic carbocycles. The number of rotatable bonds is 4. The van der Waals surface area contributed by atoms with E-state index >= 15 is 0 Å². The molecule has 2 rings (SSSR count). The van der Waals surface area contributed by atoms with Crippen molar-refractivity contribution in [2.24, 2.45) is 5.73 Å². The van der Waals surface area contributed by atoms with Gasteiger partial charge < -0.3 is 10.6 Å². The Morgan fingerprint density at radius 2 is 2.26 bits per heavy atom. The second-order valence-corrected chi connectivity index (χ2v) is 6.00. The van der Waals surface area contributed by atoms with Crippen molar-refractivity contribution in [1.82, 2.24) is 9.80 Å². The summed E-state index contributed by atoms with van der Waals surface area (Å²) in [6.07, 6.45) is 2.51. The quantitative estimate of drug-likeness (QED) is 0.920. The smallest absolute Gasteiger partial charge is 0.0471 e. The van der Waals surface area contributed by atoms with Crippen molar-refractivity contribution in [2.75, 3.05) is 33.7 Å². The van der Waals surface area contributed by atoms with Gasteiger partial charge >= 0.3 is 0 Å². The van der Waals surface area contributed by atoms with Gasteiger partial charge in [0.2, 0.25) is 0 Å². The van der Waals surface area contributed by atoms with Crippen LogP contribution in [0.4, 0.5) is 0 Å². The molecular formula is C15H24ClN3. The summed E-state index contributed by atoms with van der Waals surface area (Å²) in [5.74, 6) is 0. The molecule has 1 heterocycles. The van der Waals surface area contributed by atoms with Gasteiger partial charge in [-0.05, 0) is 51.2 Å². The average Bonchev–Trinajstić information content (AvgIpc) is 2.40. The maximum absolute atomic E-state index is 6.10. The van der Waals surface area contributed by atoms with E-state index < -0.39 is 0 Å². The molecule has 0 aromatic heterocycles. The molecule has 1 aliphatic heterocycles. The molecule has 0 saturated carbocycles. The number of likely N-dealkylation sites (tertiary alicyclic amines) is 1. The molecule has 2 N–H and O–H groups in total. The minimum Gasteiger partial charge on any atom is -0.329 e. The molecular weight excluding hydrogens is 258 g/mol. The summed E-state index contributed by atoms with van der Waals surface area (Å²) in [5, 5.41) is 0.789. The number of nitrogens with two attached hydrogens (primary N) is 1. The van der Waals surface area contributed by atoms with E-state index in [2.05, 4.69) is 30.0 Å². The zero-order valence-corrected chi connectivity index (χ0v) is 12.6. The highest BCUT2D eigenvalue weighted by molar-refractivity contribution is 6.30. The standard InChI is InChI=1S/C15H24ClN3/c1-18(2)14-7-4-8-19(11-14)15(10-17)12-5-3-6-13(16)9-12/h3,5-6,9,14-15H,4,7-8,10-11,17H2,1-2H3. The van der Waals surface area contributed by atoms with E-state index in [0.717, 1.165) is 18.1 Å². The summed E-state index contributed by atoms with van der Waals surface area (Å²) < 4.78 is 0. The Balaban J connectivity index is 2.13. The van der Waals surface area contributed by atoms with E-state index in [1.54, 1.807) is 0 Å². The van der Waals surface area contributed by atoms with E-state index in [1.807, 2.05) is 18.2 Å². The lowest BCUT2D eigenvalue weighted by atomic mass is 9.99. The number of hydrogen-bond acceptors (Lipinski definition) is 3. The molecule has 1 fully saturated rings. The van der Waals surface area contributed by atoms with E-state index in [0.29, 0.717) is 12.6 Å². The van der Waals surface area contributed by atoms with Crippen LogP contribution in [0, 0.1) is 0 Å². The highest BCUT2D eigenvalue weighted by Gasteiger charge is 2.27. The third kappa shape index (κ3) is 3.69. The van der Waals surface area contributed by atoms with E-state index in [1.165, 1.54) is 18.4 Å². The highest BCUT2D eigenvalue weighted by Crippen LogP contribution is 2.26. The van der Waals surface area contributed by atoms with Crippen LogP contribution in [0.2, 0.25) is 5.02 Å². The molecule has 0 spiro atoms. The van der Waals surface area contributed by atoms with Crippen molar-refractivity contribution in [1.29, 1.82) is 0 Å². The average molecular weight is 282 g/mol. The van der Waals surface area contributed by atoms with Crippen LogP contribution in [0.3, 0.4) is 0 Å². The SMILES string of the molecule is CN(C)C1CCCN(C(CN)c2cccc(Cl)c2)C1. The Kier molecular flexibility index (Phi) is 5.22. The summed E-state index contributed by atoms with van der Waals surface area (Å²) in [5.41, 5.74) is 7.24. The summed E-state index contributed by atoms with van der Waals surface area (Å²) in [7, 11) is 4.32. The van der Waals surface area contributed by atoms with Crippen LogP contribution < -0.4 is 5.73 Å². The number of piperidine rings is 1. The fraction of sp³-hybridized carbons (Fsp3) is 0.600. The molecule has 2 atom stereocenters. The van der Waals surface area contributed by atoms with Gasteiger partial charge in [-0.3, -0.25) is 4.90 Å². The lowest BCUT2D eigenvalue weighted by Crippen LogP contribution is -2.47. The van der Waals surface area contributed by atoms with Gasteiger partial charge in [-0.25, -0.2) is 0 Å². The predicted octanol–water partition coefficient (Wildman–Crippen LogP) is 2.37. The summed E-state index contributed by atoms with van der Waals surface area (Å²) >= 11 is 6.10. The zero-order valence-electron chi connectivity index (χ0n) is 11.8. The zero-order chi connectivity index (χ0) is 13.8. The van der Waals surface area contributed by atoms with Crippen molar-refractivity contribution in [2.45, 2.75) is 24.9 Å². The van der Waals surface area contributed by atoms with E-state index in [4.69, 9.17) is 17.3 Å². The van der Waals surface area contributed by atoms with Crippen molar-refractivity contribution < 1.29 is 0 Å². The van der Waals surface area contributed by atoms with Crippen molar-refractivity contribution in [3.63, 3.8) is 0 Å². The van der Waals surface area contributed by atoms with Gasteiger partial charge in [0.25, 0.3) is 0 Å². The Bertz CT molecular complexity index is 408. The van der Waals surface area contributed by atoms with Crippen LogP contribution in [-0.2, 0) is 0 Å². The first-order chi connectivity index (χ1) is 9.11. The van der Waals surface area contributed by atoms with Crippen LogP contribution in [-0.4, -0.2) is 49.6 Å². The third-order valence-electron chi connectivity index (χ3n) is 4.06. The van der Waals surface area contributed by atoms with Gasteiger partial charge in [0, 0.05) is 30.2 Å². The fourth-order valence-electron chi connectivity index (χ4n) is 2.90. The Labute approximate surface area is 121 Å². The van der Waals surface area contributed by atoms with Gasteiger partial charge in [-0.15, -0.1) is 0 Å². The Morgan fingerprint density at radius 3 is 2.89 bits per heavy atom. The number of hydrogen-bond donors (Lipinski definition) is 1. The van der Waals surface area contributed by atoms with Gasteiger partial charge in [0.1, 0.15) is 0 Å². The molecule has 2 unspecified atom stereocenters. The van der Waals surface area contributed by atoms with Crippen LogP contribution in [0.5, 0.6) is 0 Å². The van der Waals surface area contributed by atoms with Crippen LogP contribution >= 0.6 is 11.6 Å². The maximum atomic E-state index is 6.10. The molecule has 0 amide bonds. The molecule has 1 aliphatic rings. The molecule has 106 valence electrons. The third-order valence-corrected chi connectivity index (χ3v) is 4.29. The summed E-state index contributed by atoms with van der Waals surface area (Å²) in [4.78, 5) is 4.82. The molecule has 0 radical (unpaired) electrons. The number of nitrogens with zero attached hydrogens (tertiary/aromatic N) is 2. The largest absolute Gasteiger partial charge is 0.329 e.